The Hall–Kier alpha value is -2.27. The number of rotatable bonds is 3. The Morgan fingerprint density at radius 1 is 1.21 bits per heavy atom. The lowest BCUT2D eigenvalue weighted by Crippen LogP contribution is -2.36. The molecule has 100 valence electrons. The molecule has 0 bridgehead atoms. The van der Waals surface area contributed by atoms with Crippen LogP contribution in [0.4, 0.5) is 5.69 Å². The number of furan rings is 1. The van der Waals surface area contributed by atoms with Crippen LogP contribution in [-0.2, 0) is 0 Å². The summed E-state index contributed by atoms with van der Waals surface area (Å²) in [4.78, 5) is 4.45. The van der Waals surface area contributed by atoms with Gasteiger partial charge in [-0.1, -0.05) is 18.2 Å². The van der Waals surface area contributed by atoms with Crippen molar-refractivity contribution in [1.29, 1.82) is 0 Å². The molecule has 0 saturated carbocycles. The zero-order chi connectivity index (χ0) is 13.7. The Labute approximate surface area is 112 Å². The van der Waals surface area contributed by atoms with Crippen LogP contribution < -0.4 is 16.6 Å². The van der Waals surface area contributed by atoms with Crippen LogP contribution in [0.15, 0.2) is 51.9 Å². The highest BCUT2D eigenvalue weighted by Gasteiger charge is 2.09. The molecule has 0 spiro atoms. The first-order valence-electron chi connectivity index (χ1n) is 6.12. The molecule has 0 amide bonds. The van der Waals surface area contributed by atoms with Gasteiger partial charge in [0.1, 0.15) is 17.6 Å². The second-order valence-electron chi connectivity index (χ2n) is 4.24. The predicted molar refractivity (Wildman–Crippen MR) is 76.7 cm³/mol. The molecule has 1 aromatic heterocycles. The lowest BCUT2D eigenvalue weighted by Gasteiger charge is -2.11. The maximum atomic E-state index is 5.54. The Bertz CT molecular complexity index is 548. The molecule has 5 heteroatoms. The predicted octanol–water partition coefficient (Wildman–Crippen LogP) is 2.58. The summed E-state index contributed by atoms with van der Waals surface area (Å²) in [5.41, 5.74) is 3.47. The van der Waals surface area contributed by atoms with E-state index in [0.717, 1.165) is 17.2 Å². The van der Waals surface area contributed by atoms with Crippen molar-refractivity contribution < 1.29 is 4.42 Å². The van der Waals surface area contributed by atoms with Crippen LogP contribution in [-0.4, -0.2) is 5.96 Å². The van der Waals surface area contributed by atoms with E-state index in [1.807, 2.05) is 56.3 Å². The minimum Gasteiger partial charge on any atom is -0.464 e. The summed E-state index contributed by atoms with van der Waals surface area (Å²) < 4.78 is 5.54. The van der Waals surface area contributed by atoms with Crippen molar-refractivity contribution in [2.75, 3.05) is 5.32 Å². The third kappa shape index (κ3) is 3.59. The lowest BCUT2D eigenvalue weighted by atomic mass is 10.3. The van der Waals surface area contributed by atoms with Crippen LogP contribution in [0.3, 0.4) is 0 Å². The van der Waals surface area contributed by atoms with Crippen molar-refractivity contribution in [3.05, 3.63) is 54.0 Å². The number of guanidine groups is 1. The highest BCUT2D eigenvalue weighted by Crippen LogP contribution is 2.19. The summed E-state index contributed by atoms with van der Waals surface area (Å²) >= 11 is 0. The van der Waals surface area contributed by atoms with E-state index >= 15 is 0 Å². The number of nitrogens with zero attached hydrogens (tertiary/aromatic N) is 1. The quantitative estimate of drug-likeness (QED) is 0.342. The molecule has 1 heterocycles. The third-order valence-electron chi connectivity index (χ3n) is 2.67. The Balaban J connectivity index is 2.10. The van der Waals surface area contributed by atoms with E-state index in [9.17, 15) is 0 Å². The van der Waals surface area contributed by atoms with Crippen LogP contribution in [0.1, 0.15) is 24.5 Å². The van der Waals surface area contributed by atoms with E-state index in [-0.39, 0.29) is 6.04 Å². The van der Waals surface area contributed by atoms with Gasteiger partial charge in [-0.15, -0.1) is 0 Å². The van der Waals surface area contributed by atoms with E-state index < -0.39 is 0 Å². The summed E-state index contributed by atoms with van der Waals surface area (Å²) in [6.45, 7) is 3.85. The van der Waals surface area contributed by atoms with E-state index in [2.05, 4.69) is 15.7 Å². The first-order valence-corrected chi connectivity index (χ1v) is 6.12. The summed E-state index contributed by atoms with van der Waals surface area (Å²) in [6.07, 6.45) is 0. The largest absolute Gasteiger partial charge is 0.464 e. The molecule has 1 unspecified atom stereocenters. The van der Waals surface area contributed by atoms with Gasteiger partial charge in [0.2, 0.25) is 5.96 Å². The fraction of sp³-hybridized carbons (Fsp3) is 0.214. The lowest BCUT2D eigenvalue weighted by molar-refractivity contribution is 0.458. The molecule has 5 nitrogen and oxygen atoms in total. The van der Waals surface area contributed by atoms with Crippen molar-refractivity contribution in [2.45, 2.75) is 19.9 Å². The molecule has 0 aliphatic rings. The molecule has 2 rings (SSSR count). The summed E-state index contributed by atoms with van der Waals surface area (Å²) in [7, 11) is 0. The number of benzene rings is 1. The van der Waals surface area contributed by atoms with Gasteiger partial charge in [0.15, 0.2) is 0 Å². The maximum absolute atomic E-state index is 5.54. The first-order chi connectivity index (χ1) is 9.19. The standard InChI is InChI=1S/C14H18N4O/c1-10-8-9-13(19-10)11(2)16-14(18-15)17-12-6-4-3-5-7-12/h3-9,11H,15H2,1-2H3,(H2,16,17,18). The second-order valence-corrected chi connectivity index (χ2v) is 4.24. The number of anilines is 1. The van der Waals surface area contributed by atoms with Crippen molar-refractivity contribution in [3.63, 3.8) is 0 Å². The van der Waals surface area contributed by atoms with Gasteiger partial charge in [-0.25, -0.2) is 10.8 Å². The average Bonchev–Trinajstić information content (AvgIpc) is 2.86. The summed E-state index contributed by atoms with van der Waals surface area (Å²) in [6, 6.07) is 13.4. The van der Waals surface area contributed by atoms with E-state index in [1.54, 1.807) is 0 Å². The molecule has 0 saturated heterocycles. The van der Waals surface area contributed by atoms with Gasteiger partial charge < -0.3 is 9.73 Å². The highest BCUT2D eigenvalue weighted by atomic mass is 16.3. The number of nitrogens with two attached hydrogens (primary N) is 1. The molecule has 19 heavy (non-hydrogen) atoms. The second kappa shape index (κ2) is 6.06. The molecular weight excluding hydrogens is 240 g/mol. The van der Waals surface area contributed by atoms with Gasteiger partial charge in [-0.3, -0.25) is 5.43 Å². The maximum Gasteiger partial charge on any atom is 0.210 e. The number of para-hydroxylation sites is 1. The monoisotopic (exact) mass is 258 g/mol. The van der Waals surface area contributed by atoms with E-state index in [0.29, 0.717) is 5.96 Å². The van der Waals surface area contributed by atoms with Crippen molar-refractivity contribution in [1.82, 2.24) is 5.43 Å². The van der Waals surface area contributed by atoms with Gasteiger partial charge in [0.05, 0.1) is 0 Å². The van der Waals surface area contributed by atoms with E-state index in [1.165, 1.54) is 0 Å². The van der Waals surface area contributed by atoms with E-state index in [4.69, 9.17) is 10.3 Å². The molecule has 0 fully saturated rings. The van der Waals surface area contributed by atoms with Crippen LogP contribution in [0.25, 0.3) is 0 Å². The van der Waals surface area contributed by atoms with Crippen LogP contribution >= 0.6 is 0 Å². The number of aliphatic imine (C=N–C) groups is 1. The Morgan fingerprint density at radius 3 is 2.53 bits per heavy atom. The molecule has 0 aliphatic heterocycles. The average molecular weight is 258 g/mol. The van der Waals surface area contributed by atoms with Crippen LogP contribution in [0.2, 0.25) is 0 Å². The number of aryl methyl sites for hydroxylation is 1. The molecular formula is C14H18N4O. The minimum absolute atomic E-state index is 0.115. The number of hydrogen-bond acceptors (Lipinski definition) is 3. The van der Waals surface area contributed by atoms with Crippen LogP contribution in [0, 0.1) is 6.92 Å². The summed E-state index contributed by atoms with van der Waals surface area (Å²) in [5, 5.41) is 3.11. The molecule has 2 aromatic rings. The normalized spacial score (nSPS) is 13.1. The van der Waals surface area contributed by atoms with Gasteiger partial charge in [0, 0.05) is 5.69 Å². The SMILES string of the molecule is Cc1ccc(C(C)N=C(NN)Nc2ccccc2)o1. The highest BCUT2D eigenvalue weighted by molar-refractivity contribution is 5.93. The fourth-order valence-electron chi connectivity index (χ4n) is 1.70. The number of hydrazine groups is 1. The van der Waals surface area contributed by atoms with Gasteiger partial charge in [-0.2, -0.15) is 0 Å². The molecule has 1 aromatic carbocycles. The third-order valence-corrected chi connectivity index (χ3v) is 2.67. The first kappa shape index (κ1) is 13.2. The van der Waals surface area contributed by atoms with Crippen LogP contribution in [0.5, 0.6) is 0 Å². The van der Waals surface area contributed by atoms with Crippen molar-refractivity contribution in [3.8, 4) is 0 Å². The van der Waals surface area contributed by atoms with Gasteiger partial charge in [-0.05, 0) is 38.1 Å². The number of nitrogens with one attached hydrogen (secondary N) is 2. The van der Waals surface area contributed by atoms with Gasteiger partial charge in [0.25, 0.3) is 0 Å². The zero-order valence-corrected chi connectivity index (χ0v) is 11.1. The fourth-order valence-corrected chi connectivity index (χ4v) is 1.70. The topological polar surface area (TPSA) is 75.6 Å². The van der Waals surface area contributed by atoms with Crippen molar-refractivity contribution >= 4 is 11.6 Å². The van der Waals surface area contributed by atoms with Gasteiger partial charge >= 0.3 is 0 Å². The molecule has 1 atom stereocenters. The minimum atomic E-state index is -0.115. The molecule has 4 N–H and O–H groups in total. The number of hydrogen-bond donors (Lipinski definition) is 3. The smallest absolute Gasteiger partial charge is 0.210 e. The Kier molecular flexibility index (Phi) is 4.20. The molecule has 0 radical (unpaired) electrons. The molecule has 0 aliphatic carbocycles. The zero-order valence-electron chi connectivity index (χ0n) is 11.1. The summed E-state index contributed by atoms with van der Waals surface area (Å²) in [5.74, 6) is 7.65. The van der Waals surface area contributed by atoms with Crippen molar-refractivity contribution in [2.24, 2.45) is 10.8 Å². The Morgan fingerprint density at radius 2 is 1.95 bits per heavy atom.